The molecule has 1 aliphatic heterocycles. The Labute approximate surface area is 159 Å². The monoisotopic (exact) mass is 379 g/mol. The van der Waals surface area contributed by atoms with Gasteiger partial charge in [-0.1, -0.05) is 18.2 Å². The van der Waals surface area contributed by atoms with Crippen molar-refractivity contribution in [3.05, 3.63) is 58.0 Å². The molecule has 0 bridgehead atoms. The van der Waals surface area contributed by atoms with Crippen molar-refractivity contribution in [2.75, 3.05) is 12.1 Å². The number of ether oxygens (including phenoxy) is 2. The summed E-state index contributed by atoms with van der Waals surface area (Å²) in [5.74, 6) is 0.358. The summed E-state index contributed by atoms with van der Waals surface area (Å²) < 4.78 is 11.8. The quantitative estimate of drug-likeness (QED) is 0.697. The van der Waals surface area contributed by atoms with Crippen LogP contribution in [0.1, 0.15) is 23.0 Å². The Morgan fingerprint density at radius 2 is 1.82 bits per heavy atom. The van der Waals surface area contributed by atoms with E-state index in [0.717, 1.165) is 0 Å². The molecule has 8 heteroatoms. The molecule has 0 unspecified atom stereocenters. The Kier molecular flexibility index (Phi) is 4.31. The number of nitrogens with one attached hydrogen (secondary N) is 1. The van der Waals surface area contributed by atoms with Crippen molar-refractivity contribution in [2.24, 2.45) is 7.05 Å². The second-order valence-corrected chi connectivity index (χ2v) is 6.45. The van der Waals surface area contributed by atoms with Gasteiger partial charge < -0.3 is 14.8 Å². The van der Waals surface area contributed by atoms with Crippen LogP contribution in [-0.4, -0.2) is 28.3 Å². The Bertz CT molecular complexity index is 1180. The maximum Gasteiger partial charge on any atom is 0.274 e. The molecule has 8 nitrogen and oxygen atoms in total. The van der Waals surface area contributed by atoms with Crippen molar-refractivity contribution >= 4 is 28.2 Å². The average Bonchev–Trinajstić information content (AvgIpc) is 3.12. The molecule has 1 N–H and O–H groups in total. The van der Waals surface area contributed by atoms with Gasteiger partial charge in [0, 0.05) is 24.1 Å². The summed E-state index contributed by atoms with van der Waals surface area (Å²) in [4.78, 5) is 36.9. The SMILES string of the molecule is CC(=O)c1cc2c(cc1NC(=O)Cc1nn(C)c(=O)c3ccccc13)OCO2. The lowest BCUT2D eigenvalue weighted by Gasteiger charge is -2.12. The molecule has 0 fully saturated rings. The number of hydrogen-bond donors (Lipinski definition) is 1. The first-order valence-electron chi connectivity index (χ1n) is 8.63. The highest BCUT2D eigenvalue weighted by molar-refractivity contribution is 6.05. The zero-order chi connectivity index (χ0) is 19.8. The molecule has 1 amide bonds. The molecular weight excluding hydrogens is 362 g/mol. The molecule has 2 aromatic carbocycles. The summed E-state index contributed by atoms with van der Waals surface area (Å²) in [5, 5.41) is 8.09. The van der Waals surface area contributed by atoms with Crippen LogP contribution in [0.4, 0.5) is 5.69 Å². The maximum absolute atomic E-state index is 12.7. The number of hydrogen-bond acceptors (Lipinski definition) is 6. The minimum absolute atomic E-state index is 0.0551. The van der Waals surface area contributed by atoms with Crippen LogP contribution in [-0.2, 0) is 18.3 Å². The zero-order valence-corrected chi connectivity index (χ0v) is 15.3. The molecule has 3 aromatic rings. The number of amides is 1. The van der Waals surface area contributed by atoms with E-state index >= 15 is 0 Å². The van der Waals surface area contributed by atoms with Crippen molar-refractivity contribution in [1.29, 1.82) is 0 Å². The van der Waals surface area contributed by atoms with Gasteiger partial charge in [-0.25, -0.2) is 4.68 Å². The minimum Gasteiger partial charge on any atom is -0.454 e. The van der Waals surface area contributed by atoms with E-state index in [1.165, 1.54) is 11.6 Å². The van der Waals surface area contributed by atoms with Crippen molar-refractivity contribution in [3.63, 3.8) is 0 Å². The van der Waals surface area contributed by atoms with Gasteiger partial charge in [-0.15, -0.1) is 0 Å². The highest BCUT2D eigenvalue weighted by Gasteiger charge is 2.21. The van der Waals surface area contributed by atoms with Gasteiger partial charge in [0.1, 0.15) is 0 Å². The van der Waals surface area contributed by atoms with Gasteiger partial charge in [-0.2, -0.15) is 5.10 Å². The van der Waals surface area contributed by atoms with E-state index in [2.05, 4.69) is 10.4 Å². The third kappa shape index (κ3) is 3.09. The van der Waals surface area contributed by atoms with Gasteiger partial charge in [0.15, 0.2) is 17.3 Å². The van der Waals surface area contributed by atoms with Crippen molar-refractivity contribution in [2.45, 2.75) is 13.3 Å². The predicted molar refractivity (Wildman–Crippen MR) is 102 cm³/mol. The average molecular weight is 379 g/mol. The first-order valence-corrected chi connectivity index (χ1v) is 8.63. The fourth-order valence-corrected chi connectivity index (χ4v) is 3.19. The molecule has 0 saturated heterocycles. The Morgan fingerprint density at radius 1 is 1.14 bits per heavy atom. The summed E-state index contributed by atoms with van der Waals surface area (Å²) in [6.07, 6.45) is -0.0551. The summed E-state index contributed by atoms with van der Waals surface area (Å²) in [6.45, 7) is 1.48. The number of aryl methyl sites for hydroxylation is 1. The molecule has 4 rings (SSSR count). The normalized spacial score (nSPS) is 12.2. The predicted octanol–water partition coefficient (Wildman–Crippen LogP) is 2.05. The van der Waals surface area contributed by atoms with Crippen molar-refractivity contribution < 1.29 is 19.1 Å². The van der Waals surface area contributed by atoms with Crippen LogP contribution in [0.5, 0.6) is 11.5 Å². The largest absolute Gasteiger partial charge is 0.454 e. The van der Waals surface area contributed by atoms with Crippen molar-refractivity contribution in [3.8, 4) is 11.5 Å². The van der Waals surface area contributed by atoms with Crippen LogP contribution in [0.25, 0.3) is 10.8 Å². The van der Waals surface area contributed by atoms with Crippen LogP contribution >= 0.6 is 0 Å². The van der Waals surface area contributed by atoms with E-state index in [1.54, 1.807) is 43.4 Å². The molecule has 28 heavy (non-hydrogen) atoms. The Balaban J connectivity index is 1.66. The van der Waals surface area contributed by atoms with E-state index in [0.29, 0.717) is 39.2 Å². The molecule has 0 aliphatic carbocycles. The lowest BCUT2D eigenvalue weighted by atomic mass is 10.1. The molecule has 2 heterocycles. The Morgan fingerprint density at radius 3 is 2.54 bits per heavy atom. The zero-order valence-electron chi connectivity index (χ0n) is 15.3. The minimum atomic E-state index is -0.363. The number of ketones is 1. The van der Waals surface area contributed by atoms with E-state index < -0.39 is 0 Å². The number of anilines is 1. The summed E-state index contributed by atoms with van der Waals surface area (Å²) in [6, 6.07) is 10.1. The van der Waals surface area contributed by atoms with E-state index in [-0.39, 0.29) is 30.5 Å². The molecule has 1 aliphatic rings. The number of carbonyl (C=O) groups excluding carboxylic acids is 2. The number of fused-ring (bicyclic) bond motifs is 2. The van der Waals surface area contributed by atoms with Crippen molar-refractivity contribution in [1.82, 2.24) is 9.78 Å². The summed E-state index contributed by atoms with van der Waals surface area (Å²) in [5.41, 5.74) is 0.918. The summed E-state index contributed by atoms with van der Waals surface area (Å²) in [7, 11) is 1.54. The van der Waals surface area contributed by atoms with Gasteiger partial charge in [0.25, 0.3) is 5.56 Å². The third-order valence-corrected chi connectivity index (χ3v) is 4.53. The molecule has 1 aromatic heterocycles. The first kappa shape index (κ1) is 17.7. The van der Waals surface area contributed by atoms with Crippen LogP contribution < -0.4 is 20.3 Å². The van der Waals surface area contributed by atoms with E-state index in [1.807, 2.05) is 0 Å². The highest BCUT2D eigenvalue weighted by Crippen LogP contribution is 2.37. The number of benzene rings is 2. The molecule has 0 saturated carbocycles. The molecule has 0 atom stereocenters. The van der Waals surface area contributed by atoms with E-state index in [9.17, 15) is 14.4 Å². The Hall–Kier alpha value is -3.68. The molecule has 0 radical (unpaired) electrons. The summed E-state index contributed by atoms with van der Waals surface area (Å²) >= 11 is 0. The standard InChI is InChI=1S/C20H17N3O5/c1-11(24)14-7-17-18(28-10-27-17)8-15(14)21-19(25)9-16-12-5-3-4-6-13(12)20(26)23(2)22-16/h3-8H,9-10H2,1-2H3,(H,21,25). The highest BCUT2D eigenvalue weighted by atomic mass is 16.7. The van der Waals surface area contributed by atoms with Gasteiger partial charge in [0.05, 0.1) is 23.2 Å². The molecule has 142 valence electrons. The van der Waals surface area contributed by atoms with Crippen LogP contribution in [0.15, 0.2) is 41.2 Å². The number of carbonyl (C=O) groups is 2. The fraction of sp³-hybridized carbons (Fsp3) is 0.200. The smallest absolute Gasteiger partial charge is 0.274 e. The number of nitrogens with zero attached hydrogens (tertiary/aromatic N) is 2. The maximum atomic E-state index is 12.7. The fourth-order valence-electron chi connectivity index (χ4n) is 3.19. The van der Waals surface area contributed by atoms with Gasteiger partial charge in [-0.05, 0) is 19.1 Å². The van der Waals surface area contributed by atoms with Crippen LogP contribution in [0.3, 0.4) is 0 Å². The molecular formula is C20H17N3O5. The number of aromatic nitrogens is 2. The van der Waals surface area contributed by atoms with Gasteiger partial charge >= 0.3 is 0 Å². The number of Topliss-reactive ketones (excluding diaryl/α,β-unsaturated/α-hetero) is 1. The van der Waals surface area contributed by atoms with Crippen LogP contribution in [0, 0.1) is 0 Å². The first-order chi connectivity index (χ1) is 13.4. The van der Waals surface area contributed by atoms with Gasteiger partial charge in [-0.3, -0.25) is 14.4 Å². The molecule has 0 spiro atoms. The van der Waals surface area contributed by atoms with Crippen LogP contribution in [0.2, 0.25) is 0 Å². The van der Waals surface area contributed by atoms with Gasteiger partial charge in [0.2, 0.25) is 12.7 Å². The second kappa shape index (κ2) is 6.80. The number of rotatable bonds is 4. The lowest BCUT2D eigenvalue weighted by Crippen LogP contribution is -2.24. The third-order valence-electron chi connectivity index (χ3n) is 4.53. The lowest BCUT2D eigenvalue weighted by molar-refractivity contribution is -0.115. The topological polar surface area (TPSA) is 99.5 Å². The van der Waals surface area contributed by atoms with E-state index in [4.69, 9.17) is 9.47 Å². The second-order valence-electron chi connectivity index (χ2n) is 6.45.